The lowest BCUT2D eigenvalue weighted by Gasteiger charge is -2.59. The number of halogens is 1. The molecule has 27 heavy (non-hydrogen) atoms. The third-order valence-electron chi connectivity index (χ3n) is 8.13. The predicted octanol–water partition coefficient (Wildman–Crippen LogP) is 0.391. The molecule has 0 unspecified atom stereocenters. The van der Waals surface area contributed by atoms with E-state index in [-0.39, 0.29) is 18.6 Å². The Kier molecular flexibility index (Phi) is 3.24. The molecule has 3 saturated carbocycles. The fourth-order valence-corrected chi connectivity index (χ4v) is 6.85. The molecule has 146 valence electrons. The van der Waals surface area contributed by atoms with Crippen molar-refractivity contribution in [1.29, 1.82) is 0 Å². The van der Waals surface area contributed by atoms with Gasteiger partial charge >= 0.3 is 0 Å². The highest BCUT2D eigenvalue weighted by Crippen LogP contribution is 2.74. The number of rotatable bonds is 2. The highest BCUT2D eigenvalue weighted by Gasteiger charge is 2.88. The lowest BCUT2D eigenvalue weighted by atomic mass is 9.48. The molecule has 8 atom stereocenters. The second-order valence-electron chi connectivity index (χ2n) is 8.91. The van der Waals surface area contributed by atoms with E-state index in [4.69, 9.17) is 4.74 Å². The van der Waals surface area contributed by atoms with Gasteiger partial charge in [0.25, 0.3) is 0 Å². The summed E-state index contributed by atoms with van der Waals surface area (Å²) >= 11 is 0. The van der Waals surface area contributed by atoms with Crippen LogP contribution < -0.4 is 0 Å². The van der Waals surface area contributed by atoms with E-state index in [1.54, 1.807) is 13.0 Å². The summed E-state index contributed by atoms with van der Waals surface area (Å²) in [6.07, 6.45) is 2.84. The second-order valence-corrected chi connectivity index (χ2v) is 8.91. The Morgan fingerprint density at radius 2 is 2.07 bits per heavy atom. The Hall–Kier alpha value is -1.41. The quantitative estimate of drug-likeness (QED) is 0.600. The van der Waals surface area contributed by atoms with Crippen molar-refractivity contribution in [3.63, 3.8) is 0 Å². The number of ether oxygens (including phenoxy) is 1. The molecule has 0 radical (unpaired) electrons. The number of carbonyl (C=O) groups excluding carboxylic acids is 2. The average molecular weight is 378 g/mol. The molecule has 0 aromatic rings. The molecule has 1 spiro atoms. The number of alkyl halides is 1. The molecule has 3 N–H and O–H groups in total. The number of aliphatic hydroxyl groups is 3. The zero-order valence-electron chi connectivity index (χ0n) is 15.0. The predicted molar refractivity (Wildman–Crippen MR) is 90.3 cm³/mol. The smallest absolute Gasteiger partial charge is 0.195 e. The first-order valence-corrected chi connectivity index (χ1v) is 9.51. The topological polar surface area (TPSA) is 107 Å². The molecule has 4 aliphatic carbocycles. The molecule has 4 fully saturated rings. The first-order chi connectivity index (χ1) is 12.7. The van der Waals surface area contributed by atoms with Crippen molar-refractivity contribution in [2.45, 2.75) is 61.7 Å². The molecular formula is C20H23FO6. The monoisotopic (exact) mass is 378 g/mol. The van der Waals surface area contributed by atoms with Crippen LogP contribution in [0.15, 0.2) is 23.8 Å². The van der Waals surface area contributed by atoms with Gasteiger partial charge in [-0.2, -0.15) is 0 Å². The SMILES string of the molecule is C[C@]12C=CC(=O)C=C1CC[C@H]1[C@@H]3C[C@@H](O)[C@@]4(C(=O)CO)O[C@]34C[C@H](O)[C@@]12F. The van der Waals surface area contributed by atoms with Crippen molar-refractivity contribution in [1.82, 2.24) is 0 Å². The lowest BCUT2D eigenvalue weighted by molar-refractivity contribution is -0.180. The maximum absolute atomic E-state index is 16.7. The highest BCUT2D eigenvalue weighted by atomic mass is 19.1. The van der Waals surface area contributed by atoms with Gasteiger partial charge in [0.15, 0.2) is 22.8 Å². The van der Waals surface area contributed by atoms with E-state index in [0.29, 0.717) is 18.4 Å². The molecule has 7 heteroatoms. The lowest BCUT2D eigenvalue weighted by Crippen LogP contribution is -2.66. The van der Waals surface area contributed by atoms with E-state index < -0.39 is 58.7 Å². The maximum Gasteiger partial charge on any atom is 0.195 e. The minimum absolute atomic E-state index is 0.113. The van der Waals surface area contributed by atoms with Gasteiger partial charge in [0.2, 0.25) is 0 Å². The molecular weight excluding hydrogens is 355 g/mol. The Labute approximate surface area is 155 Å². The van der Waals surface area contributed by atoms with E-state index >= 15 is 4.39 Å². The first-order valence-electron chi connectivity index (χ1n) is 9.51. The fraction of sp³-hybridized carbons (Fsp3) is 0.700. The van der Waals surface area contributed by atoms with Crippen LogP contribution in [0, 0.1) is 17.3 Å². The molecule has 5 aliphatic rings. The standard InChI is InChI=1S/C20H23FO6/c1-17-5-4-11(23)6-10(17)2-3-12-13-7-14(24)20(16(26)9-22)18(13,27-20)8-15(25)19(12,17)21/h4-6,12-15,22,24-25H,2-3,7-9H2,1H3/t12-,13-,14+,15-,17-,18+,19-,20-/m0/s1. The van der Waals surface area contributed by atoms with Gasteiger partial charge in [-0.15, -0.1) is 0 Å². The number of fused-ring (bicyclic) bond motifs is 4. The maximum atomic E-state index is 16.7. The summed E-state index contributed by atoms with van der Waals surface area (Å²) < 4.78 is 22.5. The molecule has 6 nitrogen and oxygen atoms in total. The van der Waals surface area contributed by atoms with E-state index in [9.17, 15) is 24.9 Å². The van der Waals surface area contributed by atoms with Crippen LogP contribution in [0.1, 0.15) is 32.6 Å². The van der Waals surface area contributed by atoms with Crippen LogP contribution in [0.5, 0.6) is 0 Å². The van der Waals surface area contributed by atoms with Crippen LogP contribution in [-0.2, 0) is 14.3 Å². The zero-order valence-corrected chi connectivity index (χ0v) is 15.0. The zero-order chi connectivity index (χ0) is 19.4. The van der Waals surface area contributed by atoms with Gasteiger partial charge in [0, 0.05) is 23.7 Å². The Balaban J connectivity index is 1.61. The van der Waals surface area contributed by atoms with Crippen LogP contribution >= 0.6 is 0 Å². The van der Waals surface area contributed by atoms with Gasteiger partial charge in [-0.3, -0.25) is 9.59 Å². The van der Waals surface area contributed by atoms with Crippen LogP contribution in [0.2, 0.25) is 0 Å². The van der Waals surface area contributed by atoms with Crippen LogP contribution in [0.4, 0.5) is 4.39 Å². The van der Waals surface area contributed by atoms with Gasteiger partial charge in [0.05, 0.1) is 12.2 Å². The van der Waals surface area contributed by atoms with Crippen molar-refractivity contribution in [2.24, 2.45) is 17.3 Å². The fourth-order valence-electron chi connectivity index (χ4n) is 6.85. The van der Waals surface area contributed by atoms with E-state index in [1.807, 2.05) is 0 Å². The van der Waals surface area contributed by atoms with Gasteiger partial charge in [-0.1, -0.05) is 11.6 Å². The number of aliphatic hydroxyl groups excluding tert-OH is 3. The van der Waals surface area contributed by atoms with Crippen LogP contribution in [0.3, 0.4) is 0 Å². The summed E-state index contributed by atoms with van der Waals surface area (Å²) in [5, 5.41) is 30.9. The molecule has 0 aromatic carbocycles. The summed E-state index contributed by atoms with van der Waals surface area (Å²) in [5.41, 5.74) is -5.09. The molecule has 0 bridgehead atoms. The summed E-state index contributed by atoms with van der Waals surface area (Å²) in [7, 11) is 0. The van der Waals surface area contributed by atoms with Crippen LogP contribution in [-0.4, -0.2) is 62.6 Å². The molecule has 0 aromatic heterocycles. The minimum Gasteiger partial charge on any atom is -0.390 e. The molecule has 1 heterocycles. The Bertz CT molecular complexity index is 821. The number of epoxide rings is 1. The summed E-state index contributed by atoms with van der Waals surface area (Å²) in [6, 6.07) is 0. The number of Topliss-reactive ketones (excluding diaryl/α,β-unsaturated/α-hetero) is 1. The number of allylic oxidation sites excluding steroid dienone is 4. The Morgan fingerprint density at radius 3 is 2.78 bits per heavy atom. The van der Waals surface area contributed by atoms with E-state index in [2.05, 4.69) is 0 Å². The number of ketones is 2. The highest BCUT2D eigenvalue weighted by molar-refractivity contribution is 6.01. The Morgan fingerprint density at radius 1 is 1.33 bits per heavy atom. The largest absolute Gasteiger partial charge is 0.390 e. The third kappa shape index (κ3) is 1.67. The number of hydrogen-bond acceptors (Lipinski definition) is 6. The number of hydrogen-bond donors (Lipinski definition) is 3. The summed E-state index contributed by atoms with van der Waals surface area (Å²) in [6.45, 7) is 0.947. The second kappa shape index (κ2) is 4.95. The van der Waals surface area contributed by atoms with Gasteiger partial charge in [-0.25, -0.2) is 4.39 Å². The first kappa shape index (κ1) is 17.7. The van der Waals surface area contributed by atoms with Gasteiger partial charge < -0.3 is 20.1 Å². The van der Waals surface area contributed by atoms with Crippen molar-refractivity contribution in [3.8, 4) is 0 Å². The van der Waals surface area contributed by atoms with E-state index in [1.165, 1.54) is 12.2 Å². The van der Waals surface area contributed by atoms with E-state index in [0.717, 1.165) is 0 Å². The van der Waals surface area contributed by atoms with Gasteiger partial charge in [0.1, 0.15) is 12.2 Å². The molecule has 1 aliphatic heterocycles. The van der Waals surface area contributed by atoms with Crippen molar-refractivity contribution in [2.75, 3.05) is 6.61 Å². The molecule has 5 rings (SSSR count). The van der Waals surface area contributed by atoms with Gasteiger partial charge in [-0.05, 0) is 38.3 Å². The normalized spacial score (nSPS) is 55.1. The van der Waals surface area contributed by atoms with Crippen molar-refractivity contribution >= 4 is 11.6 Å². The van der Waals surface area contributed by atoms with Crippen LogP contribution in [0.25, 0.3) is 0 Å². The average Bonchev–Trinajstić information content (AvgIpc) is 3.24. The molecule has 0 amide bonds. The summed E-state index contributed by atoms with van der Waals surface area (Å²) in [4.78, 5) is 24.1. The third-order valence-corrected chi connectivity index (χ3v) is 8.13. The minimum atomic E-state index is -2.02. The molecule has 1 saturated heterocycles. The number of carbonyl (C=O) groups is 2. The van der Waals surface area contributed by atoms with Crippen molar-refractivity contribution in [3.05, 3.63) is 23.8 Å². The summed E-state index contributed by atoms with van der Waals surface area (Å²) in [5.74, 6) is -1.84. The van der Waals surface area contributed by atoms with Crippen molar-refractivity contribution < 1.29 is 34.0 Å².